The summed E-state index contributed by atoms with van der Waals surface area (Å²) in [7, 11) is 0. The molecule has 1 N–H and O–H groups in total. The number of para-hydroxylation sites is 1. The minimum atomic E-state index is 0.981. The van der Waals surface area contributed by atoms with E-state index in [1.165, 1.54) is 12.0 Å². The molecule has 0 amide bonds. The molecule has 0 radical (unpaired) electrons. The highest BCUT2D eigenvalue weighted by molar-refractivity contribution is 5.81. The van der Waals surface area contributed by atoms with E-state index in [1.807, 2.05) is 36.5 Å². The molecule has 2 heteroatoms. The van der Waals surface area contributed by atoms with Gasteiger partial charge in [0.1, 0.15) is 0 Å². The van der Waals surface area contributed by atoms with Gasteiger partial charge in [-0.25, -0.2) is 0 Å². The minimum absolute atomic E-state index is 0.981. The zero-order valence-corrected chi connectivity index (χ0v) is 13.4. The first-order valence-electron chi connectivity index (χ1n) is 7.97. The lowest BCUT2D eigenvalue weighted by atomic mass is 10.1. The summed E-state index contributed by atoms with van der Waals surface area (Å²) < 4.78 is 0. The predicted octanol–water partition coefficient (Wildman–Crippen LogP) is 6.27. The average Bonchev–Trinajstić information content (AvgIpc) is 2.57. The maximum Gasteiger partial charge on any atom is 0.0631 e. The van der Waals surface area contributed by atoms with E-state index < -0.39 is 0 Å². The highest BCUT2D eigenvalue weighted by Gasteiger charge is 1.95. The molecule has 22 heavy (non-hydrogen) atoms. The molecule has 0 saturated carbocycles. The van der Waals surface area contributed by atoms with Gasteiger partial charge in [-0.1, -0.05) is 44.5 Å². The zero-order valence-electron chi connectivity index (χ0n) is 13.4. The number of nitrogens with one attached hydrogen (secondary N) is 1. The van der Waals surface area contributed by atoms with Crippen molar-refractivity contribution in [1.29, 1.82) is 0 Å². The van der Waals surface area contributed by atoms with E-state index in [0.717, 1.165) is 29.9 Å². The third kappa shape index (κ3) is 5.21. The third-order valence-corrected chi connectivity index (χ3v) is 3.41. The Morgan fingerprint density at radius 3 is 2.27 bits per heavy atom. The summed E-state index contributed by atoms with van der Waals surface area (Å²) in [4.78, 5) is 4.56. The highest BCUT2D eigenvalue weighted by atomic mass is 14.9. The van der Waals surface area contributed by atoms with E-state index in [-0.39, 0.29) is 0 Å². The molecule has 0 fully saturated rings. The monoisotopic (exact) mass is 292 g/mol. The minimum Gasteiger partial charge on any atom is -0.356 e. The number of unbranched alkanes of at least 4 members (excludes halogenated alkanes) is 1. The second-order valence-electron chi connectivity index (χ2n) is 5.22. The van der Waals surface area contributed by atoms with Crippen molar-refractivity contribution >= 4 is 23.3 Å². The van der Waals surface area contributed by atoms with E-state index in [1.54, 1.807) is 0 Å². The fraction of sp³-hybridized carbons (Fsp3) is 0.250. The van der Waals surface area contributed by atoms with Gasteiger partial charge in [0.05, 0.1) is 5.69 Å². The van der Waals surface area contributed by atoms with Crippen molar-refractivity contribution in [3.63, 3.8) is 0 Å². The Bertz CT molecular complexity index is 610. The lowest BCUT2D eigenvalue weighted by molar-refractivity contribution is 0.946. The Morgan fingerprint density at radius 1 is 0.955 bits per heavy atom. The van der Waals surface area contributed by atoms with Crippen molar-refractivity contribution in [1.82, 2.24) is 0 Å². The van der Waals surface area contributed by atoms with Gasteiger partial charge in [-0.3, -0.25) is 4.99 Å². The van der Waals surface area contributed by atoms with Crippen molar-refractivity contribution < 1.29 is 0 Å². The van der Waals surface area contributed by atoms with Crippen LogP contribution >= 0.6 is 0 Å². The number of anilines is 2. The molecule has 0 aliphatic carbocycles. The molecule has 0 spiro atoms. The summed E-state index contributed by atoms with van der Waals surface area (Å²) >= 11 is 0. The Kier molecular flexibility index (Phi) is 6.43. The summed E-state index contributed by atoms with van der Waals surface area (Å²) in [6, 6.07) is 18.4. The number of hydrogen-bond donors (Lipinski definition) is 1. The zero-order chi connectivity index (χ0) is 15.6. The molecule has 0 unspecified atom stereocenters. The largest absolute Gasteiger partial charge is 0.356 e. The quantitative estimate of drug-likeness (QED) is 0.597. The fourth-order valence-corrected chi connectivity index (χ4v) is 2.09. The van der Waals surface area contributed by atoms with Gasteiger partial charge in [0, 0.05) is 17.6 Å². The van der Waals surface area contributed by atoms with Crippen molar-refractivity contribution in [3.8, 4) is 0 Å². The Labute approximate surface area is 133 Å². The standard InChI is InChI=1S/C20H24N2/c1-3-5-9-17(4-2)16-21-18-12-14-20(15-13-18)22-19-10-7-6-8-11-19/h6-16,22H,3-5H2,1-2H3/b17-9+,21-16+. The van der Waals surface area contributed by atoms with Crippen LogP contribution in [0.25, 0.3) is 0 Å². The molecule has 0 saturated heterocycles. The van der Waals surface area contributed by atoms with Crippen molar-refractivity contribution in [2.45, 2.75) is 33.1 Å². The molecule has 2 rings (SSSR count). The van der Waals surface area contributed by atoms with Gasteiger partial charge in [0.2, 0.25) is 0 Å². The van der Waals surface area contributed by atoms with Gasteiger partial charge < -0.3 is 5.32 Å². The van der Waals surface area contributed by atoms with E-state index in [4.69, 9.17) is 0 Å². The van der Waals surface area contributed by atoms with Crippen LogP contribution in [-0.2, 0) is 0 Å². The number of rotatable bonds is 7. The number of nitrogens with zero attached hydrogens (tertiary/aromatic N) is 1. The van der Waals surface area contributed by atoms with Gasteiger partial charge in [0.25, 0.3) is 0 Å². The van der Waals surface area contributed by atoms with Gasteiger partial charge in [0.15, 0.2) is 0 Å². The van der Waals surface area contributed by atoms with Crippen molar-refractivity contribution in [3.05, 3.63) is 66.2 Å². The number of aliphatic imine (C=N–C) groups is 1. The number of allylic oxidation sites excluding steroid dienone is 2. The Morgan fingerprint density at radius 2 is 1.64 bits per heavy atom. The first-order valence-corrected chi connectivity index (χ1v) is 7.97. The van der Waals surface area contributed by atoms with E-state index in [9.17, 15) is 0 Å². The van der Waals surface area contributed by atoms with Gasteiger partial charge in [-0.15, -0.1) is 0 Å². The van der Waals surface area contributed by atoms with Crippen LogP contribution in [0, 0.1) is 0 Å². The summed E-state index contributed by atoms with van der Waals surface area (Å²) in [6.45, 7) is 4.36. The predicted molar refractivity (Wildman–Crippen MR) is 97.6 cm³/mol. The van der Waals surface area contributed by atoms with Crippen LogP contribution < -0.4 is 5.32 Å². The molecule has 114 valence electrons. The van der Waals surface area contributed by atoms with Crippen LogP contribution in [0.1, 0.15) is 33.1 Å². The summed E-state index contributed by atoms with van der Waals surface area (Å²) in [5.41, 5.74) is 4.44. The highest BCUT2D eigenvalue weighted by Crippen LogP contribution is 2.20. The van der Waals surface area contributed by atoms with Crippen LogP contribution in [0.15, 0.2) is 71.2 Å². The first-order chi connectivity index (χ1) is 10.8. The number of benzene rings is 2. The third-order valence-electron chi connectivity index (χ3n) is 3.41. The first kappa shape index (κ1) is 16.0. The van der Waals surface area contributed by atoms with Crippen LogP contribution in [0.2, 0.25) is 0 Å². The molecule has 2 aromatic rings. The Hall–Kier alpha value is -2.35. The number of hydrogen-bond acceptors (Lipinski definition) is 2. The molecular formula is C20H24N2. The van der Waals surface area contributed by atoms with Gasteiger partial charge in [-0.2, -0.15) is 0 Å². The SMILES string of the molecule is CCC/C=C(/C=N/c1ccc(Nc2ccccc2)cc1)CC. The molecular weight excluding hydrogens is 268 g/mol. The molecule has 0 aliphatic heterocycles. The molecule has 0 heterocycles. The summed E-state index contributed by atoms with van der Waals surface area (Å²) in [5, 5.41) is 3.37. The second-order valence-corrected chi connectivity index (χ2v) is 5.22. The van der Waals surface area contributed by atoms with Crippen molar-refractivity contribution in [2.24, 2.45) is 4.99 Å². The van der Waals surface area contributed by atoms with Gasteiger partial charge >= 0.3 is 0 Å². The average molecular weight is 292 g/mol. The molecule has 0 aromatic heterocycles. The van der Waals surface area contributed by atoms with Crippen LogP contribution in [-0.4, -0.2) is 6.21 Å². The summed E-state index contributed by atoms with van der Waals surface area (Å²) in [6.07, 6.45) is 7.58. The van der Waals surface area contributed by atoms with Crippen LogP contribution in [0.4, 0.5) is 17.1 Å². The van der Waals surface area contributed by atoms with Crippen LogP contribution in [0.3, 0.4) is 0 Å². The van der Waals surface area contributed by atoms with E-state index in [2.05, 4.69) is 54.5 Å². The molecule has 0 aliphatic rings. The van der Waals surface area contributed by atoms with Crippen LogP contribution in [0.5, 0.6) is 0 Å². The maximum absolute atomic E-state index is 4.56. The topological polar surface area (TPSA) is 24.4 Å². The molecule has 0 atom stereocenters. The maximum atomic E-state index is 4.56. The fourth-order valence-electron chi connectivity index (χ4n) is 2.09. The smallest absolute Gasteiger partial charge is 0.0631 e. The van der Waals surface area contributed by atoms with E-state index >= 15 is 0 Å². The van der Waals surface area contributed by atoms with Gasteiger partial charge in [-0.05, 0) is 54.8 Å². The molecule has 2 nitrogen and oxygen atoms in total. The van der Waals surface area contributed by atoms with Crippen molar-refractivity contribution in [2.75, 3.05) is 5.32 Å². The lowest BCUT2D eigenvalue weighted by Crippen LogP contribution is -1.88. The lowest BCUT2D eigenvalue weighted by Gasteiger charge is -2.06. The summed E-state index contributed by atoms with van der Waals surface area (Å²) in [5.74, 6) is 0. The molecule has 0 bridgehead atoms. The Balaban J connectivity index is 1.99. The van der Waals surface area contributed by atoms with E-state index in [0.29, 0.717) is 0 Å². The normalized spacial score (nSPS) is 11.8. The molecule has 2 aromatic carbocycles. The second kappa shape index (κ2) is 8.83.